The van der Waals surface area contributed by atoms with Gasteiger partial charge in [0.05, 0.1) is 0 Å². The van der Waals surface area contributed by atoms with Crippen LogP contribution < -0.4 is 5.32 Å². The minimum Gasteiger partial charge on any atom is -0.348 e. The van der Waals surface area contributed by atoms with Gasteiger partial charge >= 0.3 is 0 Å². The van der Waals surface area contributed by atoms with Crippen LogP contribution in [0.25, 0.3) is 6.08 Å². The van der Waals surface area contributed by atoms with Gasteiger partial charge in [0.15, 0.2) is 0 Å². The fourth-order valence-corrected chi connectivity index (χ4v) is 2.51. The third-order valence-corrected chi connectivity index (χ3v) is 3.61. The summed E-state index contributed by atoms with van der Waals surface area (Å²) in [5.41, 5.74) is 3.06. The van der Waals surface area contributed by atoms with Crippen LogP contribution in [0.3, 0.4) is 0 Å². The van der Waals surface area contributed by atoms with Gasteiger partial charge in [-0.2, -0.15) is 0 Å². The number of thiophene rings is 1. The maximum absolute atomic E-state index is 12.0. The minimum atomic E-state index is -0.0186. The van der Waals surface area contributed by atoms with E-state index in [0.29, 0.717) is 6.54 Å². The predicted molar refractivity (Wildman–Crippen MR) is 81.0 cm³/mol. The molecule has 19 heavy (non-hydrogen) atoms. The van der Waals surface area contributed by atoms with Gasteiger partial charge in [0, 0.05) is 17.0 Å². The number of aryl methyl sites for hydroxylation is 1. The number of nitrogens with one attached hydrogen (secondary N) is 1. The Hall–Kier alpha value is -1.87. The molecule has 0 atom stereocenters. The SMILES string of the molecule is C/C(=C\c1cccs1)C(=O)NCc1cccc(C)c1. The molecule has 1 aromatic heterocycles. The summed E-state index contributed by atoms with van der Waals surface area (Å²) in [6, 6.07) is 12.1. The van der Waals surface area contributed by atoms with E-state index in [-0.39, 0.29) is 5.91 Å². The van der Waals surface area contributed by atoms with Gasteiger partial charge in [-0.3, -0.25) is 4.79 Å². The quantitative estimate of drug-likeness (QED) is 0.842. The van der Waals surface area contributed by atoms with Crippen molar-refractivity contribution >= 4 is 23.3 Å². The molecule has 0 aliphatic carbocycles. The van der Waals surface area contributed by atoms with Crippen LogP contribution in [0.2, 0.25) is 0 Å². The third-order valence-electron chi connectivity index (χ3n) is 2.80. The summed E-state index contributed by atoms with van der Waals surface area (Å²) in [7, 11) is 0. The average Bonchev–Trinajstić information content (AvgIpc) is 2.89. The highest BCUT2D eigenvalue weighted by Crippen LogP contribution is 2.13. The zero-order chi connectivity index (χ0) is 13.7. The average molecular weight is 271 g/mol. The first kappa shape index (κ1) is 13.6. The first-order valence-corrected chi connectivity index (χ1v) is 7.08. The normalized spacial score (nSPS) is 11.4. The molecule has 98 valence electrons. The van der Waals surface area contributed by atoms with Crippen molar-refractivity contribution in [2.24, 2.45) is 0 Å². The van der Waals surface area contributed by atoms with Crippen molar-refractivity contribution in [1.29, 1.82) is 0 Å². The highest BCUT2D eigenvalue weighted by atomic mass is 32.1. The first-order valence-electron chi connectivity index (χ1n) is 6.21. The minimum absolute atomic E-state index is 0.0186. The molecule has 0 aliphatic rings. The molecule has 3 heteroatoms. The van der Waals surface area contributed by atoms with Gasteiger partial charge in [-0.05, 0) is 36.9 Å². The van der Waals surface area contributed by atoms with Crippen LogP contribution in [0.4, 0.5) is 0 Å². The van der Waals surface area contributed by atoms with Crippen molar-refractivity contribution < 1.29 is 4.79 Å². The number of amides is 1. The molecule has 2 rings (SSSR count). The van der Waals surface area contributed by atoms with Gasteiger partial charge < -0.3 is 5.32 Å². The van der Waals surface area contributed by atoms with Gasteiger partial charge in [0.2, 0.25) is 5.91 Å². The molecule has 0 spiro atoms. The predicted octanol–water partition coefficient (Wildman–Crippen LogP) is 3.78. The number of benzene rings is 1. The fraction of sp³-hybridized carbons (Fsp3) is 0.188. The monoisotopic (exact) mass is 271 g/mol. The molecule has 1 N–H and O–H groups in total. The van der Waals surface area contributed by atoms with Gasteiger partial charge in [0.25, 0.3) is 0 Å². The zero-order valence-corrected chi connectivity index (χ0v) is 12.0. The molecular weight excluding hydrogens is 254 g/mol. The largest absolute Gasteiger partial charge is 0.348 e. The van der Waals surface area contributed by atoms with E-state index in [1.54, 1.807) is 11.3 Å². The van der Waals surface area contributed by atoms with E-state index in [0.717, 1.165) is 16.0 Å². The second-order valence-electron chi connectivity index (χ2n) is 4.51. The standard InChI is InChI=1S/C16H17NOS/c1-12-5-3-6-14(9-12)11-17-16(18)13(2)10-15-7-4-8-19-15/h3-10H,11H2,1-2H3,(H,17,18)/b13-10+. The van der Waals surface area contributed by atoms with Gasteiger partial charge in [-0.15, -0.1) is 11.3 Å². The second kappa shape index (κ2) is 6.34. The molecule has 0 fully saturated rings. The second-order valence-corrected chi connectivity index (χ2v) is 5.49. The van der Waals surface area contributed by atoms with E-state index in [4.69, 9.17) is 0 Å². The summed E-state index contributed by atoms with van der Waals surface area (Å²) in [5.74, 6) is -0.0186. The summed E-state index contributed by atoms with van der Waals surface area (Å²) < 4.78 is 0. The summed E-state index contributed by atoms with van der Waals surface area (Å²) in [6.45, 7) is 4.45. The lowest BCUT2D eigenvalue weighted by atomic mass is 10.1. The molecule has 0 aliphatic heterocycles. The van der Waals surface area contributed by atoms with Crippen molar-refractivity contribution in [2.45, 2.75) is 20.4 Å². The summed E-state index contributed by atoms with van der Waals surface area (Å²) >= 11 is 1.63. The zero-order valence-electron chi connectivity index (χ0n) is 11.1. The summed E-state index contributed by atoms with van der Waals surface area (Å²) in [6.07, 6.45) is 1.91. The Morgan fingerprint density at radius 3 is 2.84 bits per heavy atom. The third kappa shape index (κ3) is 4.07. The van der Waals surface area contributed by atoms with Crippen LogP contribution in [0, 0.1) is 6.92 Å². The lowest BCUT2D eigenvalue weighted by Gasteiger charge is -2.06. The van der Waals surface area contributed by atoms with Gasteiger partial charge in [0.1, 0.15) is 0 Å². The molecule has 0 saturated carbocycles. The lowest BCUT2D eigenvalue weighted by molar-refractivity contribution is -0.117. The molecule has 2 nitrogen and oxygen atoms in total. The van der Waals surface area contributed by atoms with Crippen LogP contribution >= 0.6 is 11.3 Å². The Labute approximate surface area is 117 Å². The number of hydrogen-bond acceptors (Lipinski definition) is 2. The van der Waals surface area contributed by atoms with E-state index >= 15 is 0 Å². The van der Waals surface area contributed by atoms with E-state index in [1.165, 1.54) is 5.56 Å². The Bertz CT molecular complexity index is 585. The topological polar surface area (TPSA) is 29.1 Å². The molecule has 1 heterocycles. The fourth-order valence-electron chi connectivity index (χ4n) is 1.80. The van der Waals surface area contributed by atoms with Crippen molar-refractivity contribution in [1.82, 2.24) is 5.32 Å². The highest BCUT2D eigenvalue weighted by Gasteiger charge is 2.04. The maximum atomic E-state index is 12.0. The Morgan fingerprint density at radius 1 is 1.32 bits per heavy atom. The van der Waals surface area contributed by atoms with Crippen LogP contribution in [-0.2, 0) is 11.3 Å². The van der Waals surface area contributed by atoms with Crippen LogP contribution in [-0.4, -0.2) is 5.91 Å². The molecule has 0 unspecified atom stereocenters. The number of rotatable bonds is 4. The van der Waals surface area contributed by atoms with Crippen molar-refractivity contribution in [3.05, 3.63) is 63.4 Å². The first-order chi connectivity index (χ1) is 9.15. The van der Waals surface area contributed by atoms with E-state index < -0.39 is 0 Å². The lowest BCUT2D eigenvalue weighted by Crippen LogP contribution is -2.23. The summed E-state index contributed by atoms with van der Waals surface area (Å²) in [4.78, 5) is 13.1. The van der Waals surface area contributed by atoms with Gasteiger partial charge in [-0.1, -0.05) is 35.9 Å². The molecule has 0 bridgehead atoms. The Morgan fingerprint density at radius 2 is 2.16 bits per heavy atom. The van der Waals surface area contributed by atoms with E-state index in [2.05, 4.69) is 11.4 Å². The number of carbonyl (C=O) groups excluding carboxylic acids is 1. The van der Waals surface area contributed by atoms with Crippen LogP contribution in [0.5, 0.6) is 0 Å². The number of carbonyl (C=O) groups is 1. The van der Waals surface area contributed by atoms with E-state index in [1.807, 2.05) is 55.6 Å². The Kier molecular flexibility index (Phi) is 4.53. The summed E-state index contributed by atoms with van der Waals surface area (Å²) in [5, 5.41) is 4.94. The maximum Gasteiger partial charge on any atom is 0.247 e. The van der Waals surface area contributed by atoms with Gasteiger partial charge in [-0.25, -0.2) is 0 Å². The molecule has 1 amide bonds. The van der Waals surface area contributed by atoms with Crippen molar-refractivity contribution in [3.63, 3.8) is 0 Å². The number of hydrogen-bond donors (Lipinski definition) is 1. The smallest absolute Gasteiger partial charge is 0.247 e. The Balaban J connectivity index is 1.94. The molecule has 0 saturated heterocycles. The molecule has 2 aromatic rings. The highest BCUT2D eigenvalue weighted by molar-refractivity contribution is 7.10. The van der Waals surface area contributed by atoms with Crippen molar-refractivity contribution in [2.75, 3.05) is 0 Å². The van der Waals surface area contributed by atoms with Crippen LogP contribution in [0.1, 0.15) is 22.9 Å². The molecule has 0 radical (unpaired) electrons. The van der Waals surface area contributed by atoms with E-state index in [9.17, 15) is 4.79 Å². The van der Waals surface area contributed by atoms with Crippen LogP contribution in [0.15, 0.2) is 47.4 Å². The van der Waals surface area contributed by atoms with Crippen molar-refractivity contribution in [3.8, 4) is 0 Å². The molecule has 1 aromatic carbocycles. The molecular formula is C16H17NOS.